The highest BCUT2D eigenvalue weighted by Crippen LogP contribution is 2.33. The molecule has 2 heterocycles. The Morgan fingerprint density at radius 2 is 2.12 bits per heavy atom. The summed E-state index contributed by atoms with van der Waals surface area (Å²) >= 11 is 1.76. The van der Waals surface area contributed by atoms with Gasteiger partial charge in [0.15, 0.2) is 0 Å². The summed E-state index contributed by atoms with van der Waals surface area (Å²) in [4.78, 5) is 14.8. The van der Waals surface area contributed by atoms with Crippen LogP contribution in [0.2, 0.25) is 0 Å². The molecule has 0 saturated carbocycles. The molecule has 2 aliphatic rings. The zero-order valence-electron chi connectivity index (χ0n) is 14.0. The number of hydrogen-bond acceptors (Lipinski definition) is 3. The molecule has 0 radical (unpaired) electrons. The average molecular weight is 340 g/mol. The molecule has 4 heteroatoms. The first kappa shape index (κ1) is 15.9. The number of fused-ring (bicyclic) bond motifs is 1. The molecule has 1 aromatic heterocycles. The summed E-state index contributed by atoms with van der Waals surface area (Å²) in [7, 11) is 0. The van der Waals surface area contributed by atoms with Crippen molar-refractivity contribution < 1.29 is 4.79 Å². The van der Waals surface area contributed by atoms with Crippen LogP contribution in [0.5, 0.6) is 0 Å². The highest BCUT2D eigenvalue weighted by atomic mass is 32.1. The molecule has 3 nitrogen and oxygen atoms in total. The van der Waals surface area contributed by atoms with Gasteiger partial charge in [-0.15, -0.1) is 0 Å². The summed E-state index contributed by atoms with van der Waals surface area (Å²) in [6, 6.07) is 9.10. The Labute approximate surface area is 147 Å². The lowest BCUT2D eigenvalue weighted by atomic mass is 10.1. The third-order valence-electron chi connectivity index (χ3n) is 5.30. The molecule has 1 N–H and O–H groups in total. The molecule has 2 aromatic rings. The SMILES string of the molecule is O=C(CCN1CCCC1c1ccsc1)Nc1ccc2c(c1)CCC2. The first-order valence-corrected chi connectivity index (χ1v) is 9.92. The van der Waals surface area contributed by atoms with Crippen LogP contribution in [0, 0.1) is 0 Å². The van der Waals surface area contributed by atoms with Crippen molar-refractivity contribution in [2.24, 2.45) is 0 Å². The van der Waals surface area contributed by atoms with Crippen LogP contribution in [0.15, 0.2) is 35.0 Å². The number of carbonyl (C=O) groups excluding carboxylic acids is 1. The van der Waals surface area contributed by atoms with Gasteiger partial charge in [0, 0.05) is 24.7 Å². The van der Waals surface area contributed by atoms with Gasteiger partial charge in [0.1, 0.15) is 0 Å². The van der Waals surface area contributed by atoms with Crippen molar-refractivity contribution in [2.75, 3.05) is 18.4 Å². The maximum atomic E-state index is 12.3. The van der Waals surface area contributed by atoms with Crippen molar-refractivity contribution in [3.63, 3.8) is 0 Å². The number of carbonyl (C=O) groups is 1. The van der Waals surface area contributed by atoms with E-state index in [9.17, 15) is 4.79 Å². The van der Waals surface area contributed by atoms with Crippen LogP contribution in [0.1, 0.15) is 48.4 Å². The van der Waals surface area contributed by atoms with Crippen LogP contribution in [0.4, 0.5) is 5.69 Å². The molecule has 4 rings (SSSR count). The molecule has 1 aliphatic heterocycles. The Bertz CT molecular complexity index is 710. The summed E-state index contributed by atoms with van der Waals surface area (Å²) in [6.07, 6.45) is 6.58. The number of thiophene rings is 1. The third kappa shape index (κ3) is 3.40. The largest absolute Gasteiger partial charge is 0.326 e. The number of amides is 1. The number of aryl methyl sites for hydroxylation is 2. The maximum Gasteiger partial charge on any atom is 0.225 e. The van der Waals surface area contributed by atoms with Gasteiger partial charge in [0.25, 0.3) is 0 Å². The third-order valence-corrected chi connectivity index (χ3v) is 6.00. The van der Waals surface area contributed by atoms with Gasteiger partial charge in [0.2, 0.25) is 5.91 Å². The highest BCUT2D eigenvalue weighted by Gasteiger charge is 2.26. The van der Waals surface area contributed by atoms with E-state index < -0.39 is 0 Å². The van der Waals surface area contributed by atoms with Gasteiger partial charge in [0.05, 0.1) is 0 Å². The molecule has 0 spiro atoms. The Balaban J connectivity index is 1.32. The van der Waals surface area contributed by atoms with Gasteiger partial charge in [-0.3, -0.25) is 9.69 Å². The predicted octanol–water partition coefficient (Wildman–Crippen LogP) is 4.40. The fourth-order valence-corrected chi connectivity index (χ4v) is 4.76. The number of nitrogens with one attached hydrogen (secondary N) is 1. The van der Waals surface area contributed by atoms with E-state index in [0.717, 1.165) is 25.2 Å². The Kier molecular flexibility index (Phi) is 4.67. The summed E-state index contributed by atoms with van der Waals surface area (Å²) in [6.45, 7) is 1.95. The van der Waals surface area contributed by atoms with Crippen LogP contribution in [-0.4, -0.2) is 23.9 Å². The lowest BCUT2D eigenvalue weighted by molar-refractivity contribution is -0.116. The van der Waals surface area contributed by atoms with Crippen molar-refractivity contribution in [2.45, 2.75) is 44.6 Å². The number of anilines is 1. The molecular weight excluding hydrogens is 316 g/mol. The number of likely N-dealkylation sites (tertiary alicyclic amines) is 1. The lowest BCUT2D eigenvalue weighted by Crippen LogP contribution is -2.27. The smallest absolute Gasteiger partial charge is 0.225 e. The van der Waals surface area contributed by atoms with Crippen LogP contribution >= 0.6 is 11.3 Å². The number of benzene rings is 1. The van der Waals surface area contributed by atoms with Gasteiger partial charge in [-0.2, -0.15) is 11.3 Å². The molecule has 126 valence electrons. The molecule has 1 atom stereocenters. The van der Waals surface area contributed by atoms with Crippen molar-refractivity contribution in [1.82, 2.24) is 4.90 Å². The highest BCUT2D eigenvalue weighted by molar-refractivity contribution is 7.07. The standard InChI is InChI=1S/C20H24N2OS/c23-20(21-18-7-6-15-3-1-4-16(15)13-18)8-11-22-10-2-5-19(22)17-9-12-24-14-17/h6-7,9,12-14,19H,1-5,8,10-11H2,(H,21,23). The van der Waals surface area contributed by atoms with E-state index in [0.29, 0.717) is 12.5 Å². The van der Waals surface area contributed by atoms with E-state index in [1.54, 1.807) is 11.3 Å². The van der Waals surface area contributed by atoms with E-state index in [1.165, 1.54) is 42.4 Å². The fourth-order valence-electron chi connectivity index (χ4n) is 4.05. The van der Waals surface area contributed by atoms with Gasteiger partial charge >= 0.3 is 0 Å². The maximum absolute atomic E-state index is 12.3. The second kappa shape index (κ2) is 7.08. The van der Waals surface area contributed by atoms with Gasteiger partial charge in [-0.05, 0) is 84.3 Å². The second-order valence-electron chi connectivity index (χ2n) is 6.89. The summed E-state index contributed by atoms with van der Waals surface area (Å²) < 4.78 is 0. The normalized spacial score (nSPS) is 20.2. The minimum Gasteiger partial charge on any atom is -0.326 e. The summed E-state index contributed by atoms with van der Waals surface area (Å²) in [5.74, 6) is 0.129. The van der Waals surface area contributed by atoms with E-state index in [4.69, 9.17) is 0 Å². The Morgan fingerprint density at radius 1 is 1.21 bits per heavy atom. The Morgan fingerprint density at radius 3 is 3.00 bits per heavy atom. The van der Waals surface area contributed by atoms with E-state index in [1.807, 2.05) is 6.07 Å². The van der Waals surface area contributed by atoms with Crippen molar-refractivity contribution in [3.05, 3.63) is 51.7 Å². The van der Waals surface area contributed by atoms with Gasteiger partial charge in [-0.25, -0.2) is 0 Å². The van der Waals surface area contributed by atoms with Gasteiger partial charge in [-0.1, -0.05) is 6.07 Å². The first-order chi connectivity index (χ1) is 11.8. The van der Waals surface area contributed by atoms with E-state index in [2.05, 4.69) is 39.2 Å². The van der Waals surface area contributed by atoms with Crippen LogP contribution in [0.3, 0.4) is 0 Å². The molecule has 1 amide bonds. The molecular formula is C20H24N2OS. The number of nitrogens with zero attached hydrogens (tertiary/aromatic N) is 1. The molecule has 24 heavy (non-hydrogen) atoms. The molecule has 1 fully saturated rings. The van der Waals surface area contributed by atoms with Gasteiger partial charge < -0.3 is 5.32 Å². The van der Waals surface area contributed by atoms with Crippen LogP contribution in [-0.2, 0) is 17.6 Å². The minimum absolute atomic E-state index is 0.129. The first-order valence-electron chi connectivity index (χ1n) is 8.97. The zero-order chi connectivity index (χ0) is 16.4. The molecule has 0 bridgehead atoms. The van der Waals surface area contributed by atoms with E-state index >= 15 is 0 Å². The van der Waals surface area contributed by atoms with Crippen molar-refractivity contribution >= 4 is 22.9 Å². The Hall–Kier alpha value is -1.65. The molecule has 1 saturated heterocycles. The molecule has 1 unspecified atom stereocenters. The minimum atomic E-state index is 0.129. The predicted molar refractivity (Wildman–Crippen MR) is 99.6 cm³/mol. The quantitative estimate of drug-likeness (QED) is 0.875. The monoisotopic (exact) mass is 340 g/mol. The summed E-state index contributed by atoms with van der Waals surface area (Å²) in [5, 5.41) is 7.47. The molecule has 1 aromatic carbocycles. The topological polar surface area (TPSA) is 32.3 Å². The van der Waals surface area contributed by atoms with Crippen molar-refractivity contribution in [3.8, 4) is 0 Å². The number of hydrogen-bond donors (Lipinski definition) is 1. The average Bonchev–Trinajstić information content (AvgIpc) is 3.32. The fraction of sp³-hybridized carbons (Fsp3) is 0.450. The molecule has 1 aliphatic carbocycles. The second-order valence-corrected chi connectivity index (χ2v) is 7.67. The van der Waals surface area contributed by atoms with Crippen LogP contribution in [0.25, 0.3) is 0 Å². The van der Waals surface area contributed by atoms with Crippen molar-refractivity contribution in [1.29, 1.82) is 0 Å². The lowest BCUT2D eigenvalue weighted by Gasteiger charge is -2.23. The van der Waals surface area contributed by atoms with E-state index in [-0.39, 0.29) is 5.91 Å². The zero-order valence-corrected chi connectivity index (χ0v) is 14.8. The number of rotatable bonds is 5. The van der Waals surface area contributed by atoms with Crippen LogP contribution < -0.4 is 5.32 Å². The summed E-state index contributed by atoms with van der Waals surface area (Å²) in [5.41, 5.74) is 5.22.